The van der Waals surface area contributed by atoms with Gasteiger partial charge in [-0.3, -0.25) is 9.59 Å². The zero-order valence-corrected chi connectivity index (χ0v) is 15.9. The Kier molecular flexibility index (Phi) is 7.81. The third kappa shape index (κ3) is 7.07. The number of ether oxygens (including phenoxy) is 1. The van der Waals surface area contributed by atoms with Gasteiger partial charge in [0.15, 0.2) is 0 Å². The van der Waals surface area contributed by atoms with Gasteiger partial charge in [-0.25, -0.2) is 4.79 Å². The van der Waals surface area contributed by atoms with Gasteiger partial charge in [-0.05, 0) is 18.1 Å². The number of aromatic amines is 1. The van der Waals surface area contributed by atoms with Gasteiger partial charge < -0.3 is 25.9 Å². The number of aliphatic carboxylic acids is 1. The molecular formula is C19H22F3N3O5. The minimum atomic E-state index is -4.46. The number of nitrogens with one attached hydrogen (secondary N) is 2. The van der Waals surface area contributed by atoms with Crippen LogP contribution in [-0.2, 0) is 25.5 Å². The molecule has 2 atom stereocenters. The van der Waals surface area contributed by atoms with E-state index < -0.39 is 49.1 Å². The fourth-order valence-corrected chi connectivity index (χ4v) is 2.77. The predicted octanol–water partition coefficient (Wildman–Crippen LogP) is 1.88. The highest BCUT2D eigenvalue weighted by molar-refractivity contribution is 5.87. The molecule has 0 spiro atoms. The Morgan fingerprint density at radius 2 is 1.93 bits per heavy atom. The number of rotatable bonds is 10. The van der Waals surface area contributed by atoms with Gasteiger partial charge in [0, 0.05) is 29.9 Å². The summed E-state index contributed by atoms with van der Waals surface area (Å²) < 4.78 is 40.6. The van der Waals surface area contributed by atoms with Gasteiger partial charge >= 0.3 is 18.1 Å². The van der Waals surface area contributed by atoms with Gasteiger partial charge in [0.2, 0.25) is 5.91 Å². The second kappa shape index (κ2) is 10.1. The van der Waals surface area contributed by atoms with Crippen molar-refractivity contribution in [1.82, 2.24) is 10.3 Å². The molecule has 0 saturated carbocycles. The van der Waals surface area contributed by atoms with Crippen molar-refractivity contribution < 1.29 is 37.4 Å². The molecule has 2 aromatic rings. The number of amides is 1. The molecule has 30 heavy (non-hydrogen) atoms. The number of alkyl halides is 3. The normalized spacial score (nSPS) is 13.6. The highest BCUT2D eigenvalue weighted by atomic mass is 19.4. The fourth-order valence-electron chi connectivity index (χ4n) is 2.77. The van der Waals surface area contributed by atoms with Crippen LogP contribution in [0.15, 0.2) is 30.5 Å². The Hall–Kier alpha value is -3.08. The number of carbonyl (C=O) groups is 3. The maximum Gasteiger partial charge on any atom is 0.392 e. The molecule has 2 rings (SSSR count). The maximum atomic E-state index is 12.1. The number of carboxylic acids is 1. The number of H-pyrrole nitrogens is 1. The highest BCUT2D eigenvalue weighted by Gasteiger charge is 2.28. The number of para-hydroxylation sites is 1. The van der Waals surface area contributed by atoms with Crippen LogP contribution in [-0.4, -0.2) is 52.8 Å². The van der Waals surface area contributed by atoms with Crippen LogP contribution in [0.1, 0.15) is 24.8 Å². The van der Waals surface area contributed by atoms with Crippen molar-refractivity contribution in [2.24, 2.45) is 5.73 Å². The van der Waals surface area contributed by atoms with E-state index in [1.165, 1.54) is 0 Å². The molecule has 0 aliphatic heterocycles. The topological polar surface area (TPSA) is 135 Å². The van der Waals surface area contributed by atoms with Crippen molar-refractivity contribution >= 4 is 28.7 Å². The van der Waals surface area contributed by atoms with Crippen LogP contribution >= 0.6 is 0 Å². The predicted molar refractivity (Wildman–Crippen MR) is 100 cm³/mol. The number of aromatic nitrogens is 1. The van der Waals surface area contributed by atoms with Crippen LogP contribution < -0.4 is 11.1 Å². The van der Waals surface area contributed by atoms with E-state index in [-0.39, 0.29) is 19.3 Å². The molecule has 0 saturated heterocycles. The molecule has 11 heteroatoms. The number of esters is 1. The van der Waals surface area contributed by atoms with Crippen molar-refractivity contribution in [2.75, 3.05) is 6.61 Å². The van der Waals surface area contributed by atoms with Crippen LogP contribution in [0.25, 0.3) is 10.9 Å². The number of nitrogens with two attached hydrogens (primary N) is 1. The average Bonchev–Trinajstić information content (AvgIpc) is 3.07. The average molecular weight is 429 g/mol. The summed E-state index contributed by atoms with van der Waals surface area (Å²) in [7, 11) is 0. The third-order valence-electron chi connectivity index (χ3n) is 4.35. The Bertz CT molecular complexity index is 897. The summed E-state index contributed by atoms with van der Waals surface area (Å²) in [5, 5.41) is 12.6. The molecule has 0 aliphatic carbocycles. The molecule has 0 aliphatic rings. The molecule has 0 bridgehead atoms. The first kappa shape index (κ1) is 23.2. The lowest BCUT2D eigenvalue weighted by atomic mass is 10.0. The van der Waals surface area contributed by atoms with Gasteiger partial charge in [0.05, 0.1) is 13.0 Å². The van der Waals surface area contributed by atoms with Gasteiger partial charge in [-0.1, -0.05) is 18.2 Å². The van der Waals surface area contributed by atoms with Gasteiger partial charge in [0.25, 0.3) is 0 Å². The molecular weight excluding hydrogens is 407 g/mol. The first-order valence-electron chi connectivity index (χ1n) is 9.13. The van der Waals surface area contributed by atoms with Crippen LogP contribution in [0, 0.1) is 0 Å². The number of carboxylic acid groups (broad SMARTS) is 1. The number of hydrogen-bond donors (Lipinski definition) is 4. The molecule has 8 nitrogen and oxygen atoms in total. The Balaban J connectivity index is 1.84. The lowest BCUT2D eigenvalue weighted by molar-refractivity contribution is -0.160. The van der Waals surface area contributed by atoms with E-state index in [9.17, 15) is 32.7 Å². The van der Waals surface area contributed by atoms with Gasteiger partial charge in [0.1, 0.15) is 12.1 Å². The van der Waals surface area contributed by atoms with Crippen LogP contribution in [0.2, 0.25) is 0 Å². The smallest absolute Gasteiger partial charge is 0.392 e. The van der Waals surface area contributed by atoms with Crippen molar-refractivity contribution in [1.29, 1.82) is 0 Å². The number of halogens is 3. The number of benzene rings is 1. The molecule has 164 valence electrons. The first-order chi connectivity index (χ1) is 14.1. The van der Waals surface area contributed by atoms with Gasteiger partial charge in [-0.15, -0.1) is 0 Å². The molecule has 5 N–H and O–H groups in total. The van der Waals surface area contributed by atoms with Crippen LogP contribution in [0.3, 0.4) is 0 Å². The third-order valence-corrected chi connectivity index (χ3v) is 4.35. The van der Waals surface area contributed by atoms with Crippen molar-refractivity contribution in [3.8, 4) is 0 Å². The number of fused-ring (bicyclic) bond motifs is 1. The van der Waals surface area contributed by atoms with Crippen LogP contribution in [0.5, 0.6) is 0 Å². The Morgan fingerprint density at radius 1 is 1.23 bits per heavy atom. The van der Waals surface area contributed by atoms with E-state index in [4.69, 9.17) is 5.73 Å². The molecule has 1 aromatic heterocycles. The maximum absolute atomic E-state index is 12.1. The van der Waals surface area contributed by atoms with Gasteiger partial charge in [-0.2, -0.15) is 13.2 Å². The highest BCUT2D eigenvalue weighted by Crippen LogP contribution is 2.20. The minimum Gasteiger partial charge on any atom is -0.480 e. The zero-order chi connectivity index (χ0) is 22.3. The summed E-state index contributed by atoms with van der Waals surface area (Å²) in [6.07, 6.45) is -4.53. The summed E-state index contributed by atoms with van der Waals surface area (Å²) in [6.45, 7) is -0.853. The van der Waals surface area contributed by atoms with E-state index in [0.717, 1.165) is 10.9 Å². The monoisotopic (exact) mass is 429 g/mol. The Morgan fingerprint density at radius 3 is 2.60 bits per heavy atom. The van der Waals surface area contributed by atoms with Crippen LogP contribution in [0.4, 0.5) is 13.2 Å². The van der Waals surface area contributed by atoms with Crippen molar-refractivity contribution in [3.63, 3.8) is 0 Å². The number of hydrogen-bond acceptors (Lipinski definition) is 5. The second-order valence-corrected chi connectivity index (χ2v) is 6.70. The lowest BCUT2D eigenvalue weighted by Gasteiger charge is -2.16. The van der Waals surface area contributed by atoms with Crippen molar-refractivity contribution in [2.45, 2.75) is 43.9 Å². The summed E-state index contributed by atoms with van der Waals surface area (Å²) in [4.78, 5) is 38.2. The summed E-state index contributed by atoms with van der Waals surface area (Å²) in [5.41, 5.74) is 7.06. The fraction of sp³-hybridized carbons (Fsp3) is 0.421. The summed E-state index contributed by atoms with van der Waals surface area (Å²) in [5.74, 6) is -2.94. The molecule has 1 unspecified atom stereocenters. The quantitative estimate of drug-likeness (QED) is 0.426. The molecule has 0 fully saturated rings. The van der Waals surface area contributed by atoms with E-state index >= 15 is 0 Å². The second-order valence-electron chi connectivity index (χ2n) is 6.70. The van der Waals surface area contributed by atoms with E-state index in [0.29, 0.717) is 5.56 Å². The standard InChI is InChI=1S/C19H22F3N3O5/c20-19(21,22)7-8-30-18(29)13(23)5-6-16(26)25-15(17(27)28)9-11-10-24-14-4-2-1-3-12(11)14/h1-4,10,13,15,24H,5-9,23H2,(H,25,26)(H,27,28)/t13-,15?/m1/s1. The van der Waals surface area contributed by atoms with Crippen molar-refractivity contribution in [3.05, 3.63) is 36.0 Å². The molecule has 1 heterocycles. The van der Waals surface area contributed by atoms with E-state index in [2.05, 4.69) is 15.0 Å². The minimum absolute atomic E-state index is 0.0383. The SMILES string of the molecule is N[C@H](CCC(=O)NC(Cc1c[nH]c2ccccc12)C(=O)O)C(=O)OCCC(F)(F)F. The van der Waals surface area contributed by atoms with E-state index in [1.807, 2.05) is 24.3 Å². The largest absolute Gasteiger partial charge is 0.480 e. The summed E-state index contributed by atoms with van der Waals surface area (Å²) >= 11 is 0. The Labute approximate surface area is 169 Å². The van der Waals surface area contributed by atoms with E-state index in [1.54, 1.807) is 6.20 Å². The zero-order valence-electron chi connectivity index (χ0n) is 15.9. The number of carbonyl (C=O) groups excluding carboxylic acids is 2. The first-order valence-corrected chi connectivity index (χ1v) is 9.13. The molecule has 1 amide bonds. The molecule has 0 radical (unpaired) electrons. The summed E-state index contributed by atoms with van der Waals surface area (Å²) in [6, 6.07) is 4.81. The molecule has 1 aromatic carbocycles. The lowest BCUT2D eigenvalue weighted by Crippen LogP contribution is -2.43.